The van der Waals surface area contributed by atoms with Gasteiger partial charge in [0.25, 0.3) is 0 Å². The summed E-state index contributed by atoms with van der Waals surface area (Å²) in [6.07, 6.45) is 2.96. The molecule has 0 aliphatic carbocycles. The van der Waals surface area contributed by atoms with Crippen molar-refractivity contribution in [3.05, 3.63) is 40.8 Å². The van der Waals surface area contributed by atoms with Crippen molar-refractivity contribution in [1.82, 2.24) is 4.98 Å². The molecule has 2 aromatic rings. The van der Waals surface area contributed by atoms with Crippen LogP contribution in [0.5, 0.6) is 0 Å². The lowest BCUT2D eigenvalue weighted by Crippen LogP contribution is -2.23. The van der Waals surface area contributed by atoms with Crippen LogP contribution in [0, 0.1) is 12.1 Å². The van der Waals surface area contributed by atoms with Crippen molar-refractivity contribution in [2.45, 2.75) is 6.92 Å². The minimum Gasteiger partial charge on any atom is -0.619 e. The molecule has 0 bridgehead atoms. The molecular weight excluding hydrogens is 184 g/mol. The summed E-state index contributed by atoms with van der Waals surface area (Å²) in [5, 5.41) is 13.7. The van der Waals surface area contributed by atoms with Gasteiger partial charge in [0.05, 0.1) is 0 Å². The third-order valence-electron chi connectivity index (χ3n) is 1.67. The Kier molecular flexibility index (Phi) is 1.98. The van der Waals surface area contributed by atoms with E-state index in [9.17, 15) is 5.21 Å². The summed E-state index contributed by atoms with van der Waals surface area (Å²) in [6.45, 7) is 1.96. The molecule has 2 heterocycles. The first-order valence-corrected chi connectivity index (χ1v) is 4.75. The number of pyridine rings is 1. The fourth-order valence-electron chi connectivity index (χ4n) is 1.04. The molecule has 0 radical (unpaired) electrons. The maximum Gasteiger partial charge on any atom is 0.181 e. The van der Waals surface area contributed by atoms with Crippen molar-refractivity contribution in [1.29, 1.82) is 0 Å². The predicted molar refractivity (Wildman–Crippen MR) is 51.2 cm³/mol. The van der Waals surface area contributed by atoms with Crippen molar-refractivity contribution >= 4 is 11.3 Å². The molecule has 13 heavy (non-hydrogen) atoms. The Balaban J connectivity index is 2.41. The third-order valence-corrected chi connectivity index (χ3v) is 2.68. The van der Waals surface area contributed by atoms with Gasteiger partial charge in [0.2, 0.25) is 0 Å². The van der Waals surface area contributed by atoms with E-state index in [1.54, 1.807) is 23.5 Å². The topological polar surface area (TPSA) is 39.8 Å². The van der Waals surface area contributed by atoms with Crippen LogP contribution in [0.3, 0.4) is 0 Å². The Labute approximate surface area is 79.9 Å². The zero-order valence-corrected chi connectivity index (χ0v) is 7.91. The van der Waals surface area contributed by atoms with Crippen LogP contribution in [-0.4, -0.2) is 4.98 Å². The second kappa shape index (κ2) is 3.14. The number of nitrogens with zero attached hydrogens (tertiary/aromatic N) is 2. The predicted octanol–water partition coefficient (Wildman–Crippen LogP) is 1.75. The highest BCUT2D eigenvalue weighted by Crippen LogP contribution is 2.21. The summed E-state index contributed by atoms with van der Waals surface area (Å²) in [7, 11) is 0. The fourth-order valence-corrected chi connectivity index (χ4v) is 1.85. The van der Waals surface area contributed by atoms with Gasteiger partial charge in [0.15, 0.2) is 12.4 Å². The first-order valence-electron chi connectivity index (χ1n) is 3.87. The van der Waals surface area contributed by atoms with E-state index >= 15 is 0 Å². The molecule has 66 valence electrons. The smallest absolute Gasteiger partial charge is 0.181 e. The average molecular weight is 192 g/mol. The molecule has 0 spiro atoms. The average Bonchev–Trinajstić information content (AvgIpc) is 2.53. The highest BCUT2D eigenvalue weighted by Gasteiger charge is 2.02. The molecule has 3 nitrogen and oxygen atoms in total. The van der Waals surface area contributed by atoms with E-state index in [1.807, 2.05) is 12.3 Å². The van der Waals surface area contributed by atoms with Gasteiger partial charge < -0.3 is 5.21 Å². The summed E-state index contributed by atoms with van der Waals surface area (Å²) >= 11 is 1.59. The maximum absolute atomic E-state index is 10.8. The minimum absolute atomic E-state index is 0.768. The molecule has 0 amide bonds. The van der Waals surface area contributed by atoms with E-state index in [2.05, 4.69) is 4.98 Å². The van der Waals surface area contributed by atoms with Gasteiger partial charge in [0, 0.05) is 28.8 Å². The number of hydrogen-bond acceptors (Lipinski definition) is 3. The Morgan fingerprint density at radius 1 is 1.38 bits per heavy atom. The minimum atomic E-state index is 0.768. The molecule has 0 unspecified atom stereocenters. The van der Waals surface area contributed by atoms with Gasteiger partial charge in [-0.15, -0.1) is 11.3 Å². The van der Waals surface area contributed by atoms with E-state index in [1.165, 1.54) is 12.4 Å². The molecule has 0 saturated heterocycles. The molecule has 2 aromatic heterocycles. The molecule has 0 aromatic carbocycles. The van der Waals surface area contributed by atoms with Gasteiger partial charge >= 0.3 is 0 Å². The number of hydrogen-bond donors (Lipinski definition) is 0. The number of aryl methyl sites for hydroxylation is 1. The quantitative estimate of drug-likeness (QED) is 0.510. The number of thiazole rings is 1. The molecule has 0 N–H and O–H groups in total. The monoisotopic (exact) mass is 192 g/mol. The highest BCUT2D eigenvalue weighted by atomic mass is 32.1. The standard InChI is InChI=1S/C9H8N2OS/c1-7-6-13-9(10-7)8-2-4-11(12)5-3-8/h2-6H,1H3. The fraction of sp³-hybridized carbons (Fsp3) is 0.111. The largest absolute Gasteiger partial charge is 0.619 e. The van der Waals surface area contributed by atoms with Crippen LogP contribution >= 0.6 is 11.3 Å². The number of aromatic nitrogens is 2. The third kappa shape index (κ3) is 1.67. The Morgan fingerprint density at radius 3 is 2.62 bits per heavy atom. The van der Waals surface area contributed by atoms with E-state index in [0.29, 0.717) is 0 Å². The van der Waals surface area contributed by atoms with Crippen molar-refractivity contribution in [3.63, 3.8) is 0 Å². The summed E-state index contributed by atoms with van der Waals surface area (Å²) in [5.41, 5.74) is 2.00. The molecule has 4 heteroatoms. The van der Waals surface area contributed by atoms with Crippen molar-refractivity contribution < 1.29 is 4.73 Å². The summed E-state index contributed by atoms with van der Waals surface area (Å²) in [6, 6.07) is 3.54. The molecular formula is C9H8N2OS. The Hall–Kier alpha value is -1.42. The van der Waals surface area contributed by atoms with Crippen LogP contribution in [0.1, 0.15) is 5.69 Å². The molecule has 0 aliphatic heterocycles. The molecule has 0 fully saturated rings. The highest BCUT2D eigenvalue weighted by molar-refractivity contribution is 7.13. The van der Waals surface area contributed by atoms with Crippen molar-refractivity contribution in [2.75, 3.05) is 0 Å². The van der Waals surface area contributed by atoms with Crippen LogP contribution < -0.4 is 4.73 Å². The summed E-state index contributed by atoms with van der Waals surface area (Å²) < 4.78 is 0.768. The van der Waals surface area contributed by atoms with E-state index in [-0.39, 0.29) is 0 Å². The maximum atomic E-state index is 10.8. The van der Waals surface area contributed by atoms with E-state index < -0.39 is 0 Å². The van der Waals surface area contributed by atoms with Gasteiger partial charge in [-0.3, -0.25) is 0 Å². The van der Waals surface area contributed by atoms with Crippen LogP contribution in [-0.2, 0) is 0 Å². The molecule has 2 rings (SSSR count). The second-order valence-corrected chi connectivity index (χ2v) is 3.60. The van der Waals surface area contributed by atoms with Gasteiger partial charge in [-0.2, -0.15) is 4.73 Å². The van der Waals surface area contributed by atoms with Gasteiger partial charge in [-0.05, 0) is 6.92 Å². The van der Waals surface area contributed by atoms with Crippen LogP contribution in [0.25, 0.3) is 10.6 Å². The first-order chi connectivity index (χ1) is 6.25. The van der Waals surface area contributed by atoms with E-state index in [4.69, 9.17) is 0 Å². The number of rotatable bonds is 1. The summed E-state index contributed by atoms with van der Waals surface area (Å²) in [5.74, 6) is 0. The zero-order valence-electron chi connectivity index (χ0n) is 7.10. The second-order valence-electron chi connectivity index (χ2n) is 2.74. The Morgan fingerprint density at radius 2 is 2.08 bits per heavy atom. The molecule has 0 atom stereocenters. The Bertz CT molecular complexity index is 408. The van der Waals surface area contributed by atoms with E-state index in [0.717, 1.165) is 21.0 Å². The molecule has 0 saturated carbocycles. The lowest BCUT2D eigenvalue weighted by molar-refractivity contribution is -0.605. The van der Waals surface area contributed by atoms with Crippen LogP contribution in [0.2, 0.25) is 0 Å². The summed E-state index contributed by atoms with van der Waals surface area (Å²) in [4.78, 5) is 4.32. The first kappa shape index (κ1) is 8.19. The zero-order chi connectivity index (χ0) is 9.26. The molecule has 0 aliphatic rings. The van der Waals surface area contributed by atoms with Gasteiger partial charge in [0.1, 0.15) is 5.01 Å². The van der Waals surface area contributed by atoms with Crippen molar-refractivity contribution in [2.24, 2.45) is 0 Å². The van der Waals surface area contributed by atoms with Gasteiger partial charge in [-0.25, -0.2) is 4.98 Å². The lowest BCUT2D eigenvalue weighted by atomic mass is 10.3. The normalized spacial score (nSPS) is 10.2. The SMILES string of the molecule is Cc1csc(-c2cc[n+]([O-])cc2)n1. The van der Waals surface area contributed by atoms with Crippen molar-refractivity contribution in [3.8, 4) is 10.6 Å². The van der Waals surface area contributed by atoms with Gasteiger partial charge in [-0.1, -0.05) is 0 Å². The lowest BCUT2D eigenvalue weighted by Gasteiger charge is -1.95. The van der Waals surface area contributed by atoms with Crippen LogP contribution in [0.4, 0.5) is 0 Å². The van der Waals surface area contributed by atoms with Crippen LogP contribution in [0.15, 0.2) is 29.9 Å².